The molecule has 0 spiro atoms. The van der Waals surface area contributed by atoms with Gasteiger partial charge in [0.05, 0.1) is 17.7 Å². The van der Waals surface area contributed by atoms with E-state index < -0.39 is 17.6 Å². The van der Waals surface area contributed by atoms with Crippen molar-refractivity contribution in [1.82, 2.24) is 5.32 Å². The van der Waals surface area contributed by atoms with Crippen LogP contribution in [0.5, 0.6) is 0 Å². The number of hydrogen-bond acceptors (Lipinski definition) is 7. The van der Waals surface area contributed by atoms with Crippen LogP contribution in [-0.2, 0) is 24.0 Å². The number of carbonyl (C=O) groups is 3. The third-order valence-corrected chi connectivity index (χ3v) is 12.1. The van der Waals surface area contributed by atoms with Gasteiger partial charge in [-0.25, -0.2) is 0 Å². The van der Waals surface area contributed by atoms with Crippen molar-refractivity contribution in [2.45, 2.75) is 122 Å². The van der Waals surface area contributed by atoms with E-state index in [0.717, 1.165) is 50.7 Å². The number of rotatable bonds is 8. The van der Waals surface area contributed by atoms with Gasteiger partial charge in [0.2, 0.25) is 0 Å². The highest BCUT2D eigenvalue weighted by atomic mass is 16.6. The zero-order chi connectivity index (χ0) is 30.5. The summed E-state index contributed by atoms with van der Waals surface area (Å²) >= 11 is 0. The van der Waals surface area contributed by atoms with Gasteiger partial charge in [0.1, 0.15) is 5.60 Å². The molecule has 1 saturated heterocycles. The topological polar surface area (TPSA) is 135 Å². The summed E-state index contributed by atoms with van der Waals surface area (Å²) < 4.78 is 5.77. The van der Waals surface area contributed by atoms with E-state index in [1.165, 1.54) is 5.57 Å². The molecule has 0 unspecified atom stereocenters. The molecule has 42 heavy (non-hydrogen) atoms. The van der Waals surface area contributed by atoms with E-state index in [9.17, 15) is 24.6 Å². The minimum absolute atomic E-state index is 0.0224. The van der Waals surface area contributed by atoms with Gasteiger partial charge in [-0.1, -0.05) is 24.6 Å². The molecule has 0 bridgehead atoms. The number of carbonyl (C=O) groups excluding carboxylic acids is 2. The molecule has 9 nitrogen and oxygen atoms in total. The lowest BCUT2D eigenvalue weighted by atomic mass is 9.46. The predicted octanol–water partition coefficient (Wildman–Crippen LogP) is 4.81. The van der Waals surface area contributed by atoms with Gasteiger partial charge >= 0.3 is 5.97 Å². The number of aliphatic hydroxyl groups is 1. The molecule has 234 valence electrons. The first kappa shape index (κ1) is 31.2. The third kappa shape index (κ3) is 5.56. The minimum atomic E-state index is -1.19. The first-order valence-corrected chi connectivity index (χ1v) is 16.0. The van der Waals surface area contributed by atoms with Crippen LogP contribution in [0.2, 0.25) is 0 Å². The largest absolute Gasteiger partial charge is 0.481 e. The van der Waals surface area contributed by atoms with Crippen molar-refractivity contribution < 1.29 is 34.2 Å². The lowest BCUT2D eigenvalue weighted by Gasteiger charge is -2.59. The molecule has 8 atom stereocenters. The molecule has 1 heterocycles. The molecular formula is C33H50N2O7. The summed E-state index contributed by atoms with van der Waals surface area (Å²) in [6.45, 7) is 10.4. The zero-order valence-electron chi connectivity index (χ0n) is 26.0. The highest BCUT2D eigenvalue weighted by molar-refractivity contribution is 5.96. The van der Waals surface area contributed by atoms with Crippen molar-refractivity contribution in [2.75, 3.05) is 13.2 Å². The molecule has 3 N–H and O–H groups in total. The second kappa shape index (κ2) is 11.3. The van der Waals surface area contributed by atoms with Crippen LogP contribution in [-0.4, -0.2) is 64.0 Å². The monoisotopic (exact) mass is 586 g/mol. The number of aliphatic carboxylic acids is 1. The molecule has 5 aliphatic rings. The maximum Gasteiger partial charge on any atom is 0.305 e. The van der Waals surface area contributed by atoms with Gasteiger partial charge in [-0.05, 0) is 120 Å². The summed E-state index contributed by atoms with van der Waals surface area (Å²) in [6, 6.07) is -0.481. The maximum absolute atomic E-state index is 12.7. The molecule has 1 aliphatic heterocycles. The number of oxime groups is 1. The lowest BCUT2D eigenvalue weighted by molar-refractivity contribution is -0.159. The fourth-order valence-electron chi connectivity index (χ4n) is 9.81. The number of carboxylic acids is 1. The molecule has 4 aliphatic carbocycles. The predicted molar refractivity (Wildman–Crippen MR) is 158 cm³/mol. The van der Waals surface area contributed by atoms with Crippen LogP contribution >= 0.6 is 0 Å². The van der Waals surface area contributed by atoms with Gasteiger partial charge in [-0.2, -0.15) is 0 Å². The quantitative estimate of drug-likeness (QED) is 0.348. The van der Waals surface area contributed by atoms with Crippen molar-refractivity contribution in [2.24, 2.45) is 39.7 Å². The van der Waals surface area contributed by atoms with Crippen LogP contribution < -0.4 is 5.32 Å². The van der Waals surface area contributed by atoms with Gasteiger partial charge in [0.15, 0.2) is 12.4 Å². The first-order chi connectivity index (χ1) is 19.7. The number of nitrogens with zero attached hydrogens (tertiary/aromatic N) is 1. The Hall–Kier alpha value is -2.26. The lowest BCUT2D eigenvalue weighted by Crippen LogP contribution is -2.57. The first-order valence-electron chi connectivity index (χ1n) is 16.0. The number of fused-ring (bicyclic) bond motifs is 5. The molecule has 0 aromatic heterocycles. The van der Waals surface area contributed by atoms with Crippen molar-refractivity contribution in [3.05, 3.63) is 11.6 Å². The molecule has 0 aromatic carbocycles. The van der Waals surface area contributed by atoms with E-state index >= 15 is 0 Å². The zero-order valence-corrected chi connectivity index (χ0v) is 26.0. The molecule has 9 heteroatoms. The number of ketones is 1. The van der Waals surface area contributed by atoms with E-state index in [1.807, 2.05) is 13.8 Å². The second-order valence-electron chi connectivity index (χ2n) is 14.9. The Bertz CT molecular complexity index is 1160. The van der Waals surface area contributed by atoms with Crippen LogP contribution in [0.25, 0.3) is 0 Å². The average Bonchev–Trinajstić information content (AvgIpc) is 3.19. The smallest absolute Gasteiger partial charge is 0.305 e. The fraction of sp³-hybridized carbons (Fsp3) is 0.818. The van der Waals surface area contributed by atoms with E-state index in [0.29, 0.717) is 43.6 Å². The molecule has 0 aromatic rings. The van der Waals surface area contributed by atoms with Gasteiger partial charge < -0.3 is 25.1 Å². The van der Waals surface area contributed by atoms with Crippen molar-refractivity contribution >= 4 is 23.4 Å². The molecule has 5 rings (SSSR count). The van der Waals surface area contributed by atoms with E-state index in [2.05, 4.69) is 30.4 Å². The van der Waals surface area contributed by atoms with E-state index in [-0.39, 0.29) is 47.1 Å². The number of nitrogens with one attached hydrogen (secondary N) is 1. The average molecular weight is 587 g/mol. The molecule has 0 radical (unpaired) electrons. The summed E-state index contributed by atoms with van der Waals surface area (Å²) in [5.41, 5.74) is 0.437. The van der Waals surface area contributed by atoms with Crippen LogP contribution in [0.3, 0.4) is 0 Å². The Morgan fingerprint density at radius 3 is 2.50 bits per heavy atom. The Morgan fingerprint density at radius 1 is 1.07 bits per heavy atom. The van der Waals surface area contributed by atoms with Gasteiger partial charge in [-0.15, -0.1) is 0 Å². The molecule has 4 fully saturated rings. The SMILES string of the molecule is CC(=O)[C@@]1(O)CC[C@H]2[C@@H]3CCC4=C/C(=N\OCC(=O)N[C@@H](CC(=O)O)[C@H]5CCOC(C)(C)C5)CC[C@]4(C)[C@H]3CC[C@@]21C. The second-order valence-corrected chi connectivity index (χ2v) is 14.9. The highest BCUT2D eigenvalue weighted by Gasteiger charge is 2.65. The molecule has 3 saturated carbocycles. The maximum atomic E-state index is 12.7. The Labute approximate surface area is 249 Å². The number of Topliss-reactive ketones (excluding diaryl/α,β-unsaturated/α-hetero) is 1. The molecular weight excluding hydrogens is 536 g/mol. The Morgan fingerprint density at radius 2 is 1.81 bits per heavy atom. The number of allylic oxidation sites excluding steroid dienone is 2. The number of hydrogen-bond donors (Lipinski definition) is 3. The van der Waals surface area contributed by atoms with Crippen LogP contribution in [0, 0.1) is 34.5 Å². The highest BCUT2D eigenvalue weighted by Crippen LogP contribution is 2.67. The summed E-state index contributed by atoms with van der Waals surface area (Å²) in [5, 5.41) is 28.0. The Balaban J connectivity index is 1.20. The Kier molecular flexibility index (Phi) is 8.42. The van der Waals surface area contributed by atoms with Crippen molar-refractivity contribution in [1.29, 1.82) is 0 Å². The van der Waals surface area contributed by atoms with Crippen LogP contribution in [0.4, 0.5) is 0 Å². The minimum Gasteiger partial charge on any atom is -0.481 e. The number of carboxylic acid groups (broad SMARTS) is 1. The summed E-state index contributed by atoms with van der Waals surface area (Å²) in [4.78, 5) is 42.2. The van der Waals surface area contributed by atoms with Crippen LogP contribution in [0.15, 0.2) is 16.8 Å². The van der Waals surface area contributed by atoms with Gasteiger partial charge in [-0.3, -0.25) is 14.4 Å². The number of ether oxygens (including phenoxy) is 1. The third-order valence-electron chi connectivity index (χ3n) is 12.1. The van der Waals surface area contributed by atoms with E-state index in [1.54, 1.807) is 6.92 Å². The summed E-state index contributed by atoms with van der Waals surface area (Å²) in [7, 11) is 0. The molecule has 1 amide bonds. The summed E-state index contributed by atoms with van der Waals surface area (Å²) in [6.07, 6.45) is 10.6. The van der Waals surface area contributed by atoms with Crippen LogP contribution in [0.1, 0.15) is 105 Å². The van der Waals surface area contributed by atoms with E-state index in [4.69, 9.17) is 9.57 Å². The standard InChI is InChI=1S/C33H50N2O7/c1-20(36)33(40)14-10-26-24-7-6-22-16-23(8-12-31(22,4)25(24)9-13-32(26,33)5)35-42-19-28(37)34-27(17-29(38)39)21-11-15-41-30(2,3)18-21/h16,21,24-27,40H,6-15,17-19H2,1-5H3,(H,34,37)(H,38,39)/b35-23-/t21-,24+,25-,26-,27-,31-,32-,33-/m0/s1. The van der Waals surface area contributed by atoms with Gasteiger partial charge in [0, 0.05) is 18.1 Å². The van der Waals surface area contributed by atoms with Crippen molar-refractivity contribution in [3.8, 4) is 0 Å². The van der Waals surface area contributed by atoms with Crippen molar-refractivity contribution in [3.63, 3.8) is 0 Å². The van der Waals surface area contributed by atoms with Gasteiger partial charge in [0.25, 0.3) is 5.91 Å². The summed E-state index contributed by atoms with van der Waals surface area (Å²) in [5.74, 6) is 0.0492. The normalized spacial score (nSPS) is 40.6. The number of amides is 1. The fourth-order valence-corrected chi connectivity index (χ4v) is 9.81.